The van der Waals surface area contributed by atoms with Crippen LogP contribution in [-0.2, 0) is 18.5 Å². The van der Waals surface area contributed by atoms with Gasteiger partial charge in [0, 0.05) is 10.7 Å². The second-order valence-corrected chi connectivity index (χ2v) is 7.02. The first kappa shape index (κ1) is 14.2. The summed E-state index contributed by atoms with van der Waals surface area (Å²) in [5.41, 5.74) is 0. The van der Waals surface area contributed by atoms with Gasteiger partial charge in [-0.15, -0.1) is 0 Å². The van der Waals surface area contributed by atoms with E-state index in [1.54, 1.807) is 0 Å². The Morgan fingerprint density at radius 2 is 2.00 bits per heavy atom. The Balaban J connectivity index is 1.91. The van der Waals surface area contributed by atoms with Crippen LogP contribution in [-0.4, -0.2) is 40.1 Å². The van der Waals surface area contributed by atoms with Gasteiger partial charge in [-0.3, -0.25) is 0 Å². The molecule has 0 heterocycles. The van der Waals surface area contributed by atoms with Gasteiger partial charge in [0.1, 0.15) is 0 Å². The summed E-state index contributed by atoms with van der Waals surface area (Å²) in [4.78, 5) is 0. The topological polar surface area (TPSA) is 52.6 Å². The molecule has 6 heteroatoms. The van der Waals surface area contributed by atoms with Crippen LogP contribution in [0, 0.1) is 5.92 Å². The number of halogens is 1. The molecule has 1 unspecified atom stereocenters. The summed E-state index contributed by atoms with van der Waals surface area (Å²) in [7, 11) is 1.60. The number of rotatable bonds is 8. The molecule has 0 N–H and O–H groups in total. The van der Waals surface area contributed by atoms with E-state index < -0.39 is 9.05 Å². The van der Waals surface area contributed by atoms with Crippen molar-refractivity contribution in [1.82, 2.24) is 0 Å². The van der Waals surface area contributed by atoms with E-state index in [1.807, 2.05) is 0 Å². The first-order chi connectivity index (χ1) is 7.49. The number of hydrogen-bond donors (Lipinski definition) is 0. The van der Waals surface area contributed by atoms with Gasteiger partial charge in [0.15, 0.2) is 0 Å². The van der Waals surface area contributed by atoms with E-state index in [0.29, 0.717) is 19.1 Å². The zero-order chi connectivity index (χ0) is 12.0. The third kappa shape index (κ3) is 6.03. The second-order valence-electron chi connectivity index (χ2n) is 4.12. The molecule has 0 saturated heterocycles. The normalized spacial score (nSPS) is 19.4. The highest BCUT2D eigenvalue weighted by molar-refractivity contribution is 8.13. The molecule has 4 nitrogen and oxygen atoms in total. The minimum absolute atomic E-state index is 0.132. The Hall–Kier alpha value is 0.160. The molecule has 1 rings (SSSR count). The molecule has 0 amide bonds. The Morgan fingerprint density at radius 1 is 1.31 bits per heavy atom. The second kappa shape index (κ2) is 6.79. The molecule has 1 aliphatic carbocycles. The summed E-state index contributed by atoms with van der Waals surface area (Å²) < 4.78 is 31.8. The molecule has 16 heavy (non-hydrogen) atoms. The molecular weight excluding hydrogens is 252 g/mol. The summed E-state index contributed by atoms with van der Waals surface area (Å²) in [6, 6.07) is 0. The van der Waals surface area contributed by atoms with Crippen LogP contribution in [0.3, 0.4) is 0 Å². The molecule has 0 aliphatic heterocycles. The highest BCUT2D eigenvalue weighted by Crippen LogP contribution is 2.30. The average Bonchev–Trinajstić information content (AvgIpc) is 2.06. The molecule has 1 saturated carbocycles. The molecule has 0 aromatic heterocycles. The van der Waals surface area contributed by atoms with Crippen LogP contribution in [0.25, 0.3) is 0 Å². The Labute approximate surface area is 102 Å². The molecule has 1 fully saturated rings. The van der Waals surface area contributed by atoms with E-state index in [2.05, 4.69) is 6.92 Å². The van der Waals surface area contributed by atoms with Crippen molar-refractivity contribution in [3.8, 4) is 0 Å². The maximum Gasteiger partial charge on any atom is 0.234 e. The van der Waals surface area contributed by atoms with E-state index in [0.717, 1.165) is 0 Å². The monoisotopic (exact) mass is 270 g/mol. The predicted octanol–water partition coefficient (Wildman–Crippen LogP) is 1.78. The summed E-state index contributed by atoms with van der Waals surface area (Å²) in [5.74, 6) is 0.551. The van der Waals surface area contributed by atoms with Crippen LogP contribution in [0.4, 0.5) is 0 Å². The fourth-order valence-corrected chi connectivity index (χ4v) is 2.10. The van der Waals surface area contributed by atoms with Gasteiger partial charge < -0.3 is 9.47 Å². The van der Waals surface area contributed by atoms with Gasteiger partial charge in [-0.25, -0.2) is 8.42 Å². The van der Waals surface area contributed by atoms with Crippen LogP contribution in [0.2, 0.25) is 0 Å². The van der Waals surface area contributed by atoms with Crippen molar-refractivity contribution < 1.29 is 17.9 Å². The molecule has 0 bridgehead atoms. The smallest absolute Gasteiger partial charge is 0.234 e. The van der Waals surface area contributed by atoms with Crippen molar-refractivity contribution in [2.24, 2.45) is 5.92 Å². The quantitative estimate of drug-likeness (QED) is 0.498. The molecule has 0 radical (unpaired) electrons. The van der Waals surface area contributed by atoms with Gasteiger partial charge in [-0.1, -0.05) is 6.42 Å². The van der Waals surface area contributed by atoms with Crippen molar-refractivity contribution in [3.05, 3.63) is 0 Å². The van der Waals surface area contributed by atoms with Crippen LogP contribution in [0.5, 0.6) is 0 Å². The molecule has 1 atom stereocenters. The van der Waals surface area contributed by atoms with Crippen LogP contribution in [0.15, 0.2) is 0 Å². The lowest BCUT2D eigenvalue weighted by Crippen LogP contribution is -2.28. The molecule has 0 aromatic rings. The van der Waals surface area contributed by atoms with Gasteiger partial charge in [-0.2, -0.15) is 0 Å². The lowest BCUT2D eigenvalue weighted by atomic mass is 9.82. The van der Waals surface area contributed by atoms with E-state index >= 15 is 0 Å². The van der Waals surface area contributed by atoms with Crippen molar-refractivity contribution in [3.63, 3.8) is 0 Å². The van der Waals surface area contributed by atoms with Gasteiger partial charge in [0.05, 0.1) is 31.7 Å². The maximum atomic E-state index is 10.6. The first-order valence-electron chi connectivity index (χ1n) is 5.61. The molecule has 1 aliphatic rings. The molecular formula is C10H19ClO4S. The minimum Gasteiger partial charge on any atom is -0.378 e. The lowest BCUT2D eigenvalue weighted by molar-refractivity contribution is -0.0279. The van der Waals surface area contributed by atoms with Crippen molar-refractivity contribution in [2.45, 2.75) is 32.3 Å². The van der Waals surface area contributed by atoms with Gasteiger partial charge in [0.25, 0.3) is 0 Å². The van der Waals surface area contributed by atoms with Crippen molar-refractivity contribution in [2.75, 3.05) is 25.6 Å². The molecule has 0 spiro atoms. The average molecular weight is 271 g/mol. The van der Waals surface area contributed by atoms with Crippen LogP contribution in [0.1, 0.15) is 26.2 Å². The lowest BCUT2D eigenvalue weighted by Gasteiger charge is -2.31. The third-order valence-electron chi connectivity index (χ3n) is 2.89. The zero-order valence-corrected chi connectivity index (χ0v) is 11.1. The highest BCUT2D eigenvalue weighted by Gasteiger charge is 2.24. The van der Waals surface area contributed by atoms with Crippen LogP contribution < -0.4 is 0 Å². The minimum atomic E-state index is -3.43. The van der Waals surface area contributed by atoms with E-state index in [-0.39, 0.29) is 18.5 Å². The zero-order valence-electron chi connectivity index (χ0n) is 9.52. The number of ether oxygens (including phenoxy) is 2. The fraction of sp³-hybridized carbons (Fsp3) is 1.00. The summed E-state index contributed by atoms with van der Waals surface area (Å²) in [5, 5.41) is 0. The maximum absolute atomic E-state index is 10.6. The largest absolute Gasteiger partial charge is 0.378 e. The Morgan fingerprint density at radius 3 is 2.50 bits per heavy atom. The SMILES string of the molecule is CC(OCCOCCS(=O)(=O)Cl)C1CCC1. The summed E-state index contributed by atoms with van der Waals surface area (Å²) in [6.07, 6.45) is 4.11. The number of hydrogen-bond acceptors (Lipinski definition) is 4. The van der Waals surface area contributed by atoms with E-state index in [1.165, 1.54) is 19.3 Å². The van der Waals surface area contributed by atoms with Crippen molar-refractivity contribution in [1.29, 1.82) is 0 Å². The molecule has 0 aromatic carbocycles. The summed E-state index contributed by atoms with van der Waals surface area (Å²) in [6.45, 7) is 3.14. The first-order valence-corrected chi connectivity index (χ1v) is 8.08. The van der Waals surface area contributed by atoms with E-state index in [4.69, 9.17) is 20.2 Å². The fourth-order valence-electron chi connectivity index (χ4n) is 1.60. The summed E-state index contributed by atoms with van der Waals surface area (Å²) >= 11 is 0. The van der Waals surface area contributed by atoms with E-state index in [9.17, 15) is 8.42 Å². The van der Waals surface area contributed by atoms with Crippen LogP contribution >= 0.6 is 10.7 Å². The standard InChI is InChI=1S/C10H19ClO4S/c1-9(10-3-2-4-10)15-6-5-14-7-8-16(11,12)13/h9-10H,2-8H2,1H3. The Kier molecular flexibility index (Phi) is 6.03. The van der Waals surface area contributed by atoms with Gasteiger partial charge >= 0.3 is 0 Å². The van der Waals surface area contributed by atoms with Gasteiger partial charge in [0.2, 0.25) is 9.05 Å². The molecule has 96 valence electrons. The highest BCUT2D eigenvalue weighted by atomic mass is 35.7. The Bertz CT molecular complexity index is 287. The third-order valence-corrected chi connectivity index (χ3v) is 4.01. The van der Waals surface area contributed by atoms with Gasteiger partial charge in [-0.05, 0) is 25.7 Å². The van der Waals surface area contributed by atoms with Crippen molar-refractivity contribution >= 4 is 19.7 Å². The predicted molar refractivity (Wildman–Crippen MR) is 63.2 cm³/mol.